The molecule has 3 N–H and O–H groups in total. The molecule has 2 heterocycles. The summed E-state index contributed by atoms with van der Waals surface area (Å²) in [6.45, 7) is 10.5. The molecule has 1 aromatic heterocycles. The van der Waals surface area contributed by atoms with Gasteiger partial charge in [-0.05, 0) is 62.8 Å². The van der Waals surface area contributed by atoms with Gasteiger partial charge in [-0.1, -0.05) is 19.9 Å². The van der Waals surface area contributed by atoms with Crippen LogP contribution in [0.25, 0.3) is 10.9 Å². The second-order valence-electron chi connectivity index (χ2n) is 7.60. The highest BCUT2D eigenvalue weighted by molar-refractivity contribution is 5.97. The summed E-state index contributed by atoms with van der Waals surface area (Å²) in [5, 5.41) is 11.1. The van der Waals surface area contributed by atoms with Gasteiger partial charge in [0.05, 0.1) is 12.9 Å². The van der Waals surface area contributed by atoms with Crippen molar-refractivity contribution >= 4 is 16.8 Å². The number of aromatic nitrogens is 1. The van der Waals surface area contributed by atoms with Crippen molar-refractivity contribution in [1.82, 2.24) is 9.47 Å². The highest BCUT2D eigenvalue weighted by Crippen LogP contribution is 2.29. The third kappa shape index (κ3) is 5.91. The molecule has 0 unspecified atom stereocenters. The number of hydrogen-bond donors (Lipinski definition) is 2. The summed E-state index contributed by atoms with van der Waals surface area (Å²) in [5.74, 6) is 0.664. The Morgan fingerprint density at radius 2 is 1.94 bits per heavy atom. The first-order valence-corrected chi connectivity index (χ1v) is 11.2. The zero-order chi connectivity index (χ0) is 23.0. The number of benzene rings is 1. The molecule has 0 bridgehead atoms. The Morgan fingerprint density at radius 1 is 1.26 bits per heavy atom. The minimum Gasteiger partial charge on any atom is -0.512 e. The summed E-state index contributed by atoms with van der Waals surface area (Å²) in [6.07, 6.45) is 6.85. The summed E-state index contributed by atoms with van der Waals surface area (Å²) in [4.78, 5) is 14.0. The minimum atomic E-state index is -0.394. The van der Waals surface area contributed by atoms with E-state index in [1.807, 2.05) is 39.0 Å². The van der Waals surface area contributed by atoms with E-state index in [1.54, 1.807) is 20.1 Å². The van der Waals surface area contributed by atoms with Gasteiger partial charge in [-0.25, -0.2) is 0 Å². The summed E-state index contributed by atoms with van der Waals surface area (Å²) in [6, 6.07) is 8.14. The number of rotatable bonds is 7. The lowest BCUT2D eigenvalue weighted by molar-refractivity contribution is 0.100. The number of amides is 1. The molecule has 6 heteroatoms. The number of likely N-dealkylation sites (tertiary alicyclic amines) is 1. The Bertz CT molecular complexity index is 931. The first-order valence-electron chi connectivity index (χ1n) is 11.2. The van der Waals surface area contributed by atoms with Gasteiger partial charge in [0.15, 0.2) is 0 Å². The number of hydrogen-bond acceptors (Lipinski definition) is 4. The van der Waals surface area contributed by atoms with Gasteiger partial charge in [0, 0.05) is 48.5 Å². The van der Waals surface area contributed by atoms with E-state index in [2.05, 4.69) is 21.7 Å². The van der Waals surface area contributed by atoms with Crippen LogP contribution < -0.4 is 5.73 Å². The van der Waals surface area contributed by atoms with E-state index in [0.717, 1.165) is 61.1 Å². The number of aliphatic hydroxyl groups excluding tert-OH is 1. The molecular formula is C25H37N3O3. The fourth-order valence-electron chi connectivity index (χ4n) is 4.21. The number of ether oxygens (including phenoxy) is 1. The predicted molar refractivity (Wildman–Crippen MR) is 127 cm³/mol. The Hall–Kier alpha value is -2.73. The van der Waals surface area contributed by atoms with Crippen LogP contribution in [0.2, 0.25) is 0 Å². The van der Waals surface area contributed by atoms with Gasteiger partial charge >= 0.3 is 0 Å². The van der Waals surface area contributed by atoms with E-state index in [9.17, 15) is 9.90 Å². The molecular weight excluding hydrogens is 390 g/mol. The fraction of sp³-hybridized carbons (Fsp3) is 0.480. The van der Waals surface area contributed by atoms with Gasteiger partial charge in [0.1, 0.15) is 5.76 Å². The van der Waals surface area contributed by atoms with E-state index in [1.165, 1.54) is 0 Å². The second kappa shape index (κ2) is 11.6. The Kier molecular flexibility index (Phi) is 9.19. The van der Waals surface area contributed by atoms with Crippen LogP contribution in [-0.4, -0.2) is 47.2 Å². The lowest BCUT2D eigenvalue weighted by Crippen LogP contribution is -2.35. The maximum atomic E-state index is 11.5. The predicted octanol–water partition coefficient (Wildman–Crippen LogP) is 5.18. The third-order valence-electron chi connectivity index (χ3n) is 5.85. The summed E-state index contributed by atoms with van der Waals surface area (Å²) in [7, 11) is 1.63. The molecule has 0 saturated carbocycles. The van der Waals surface area contributed by atoms with Crippen LogP contribution in [0, 0.1) is 0 Å². The van der Waals surface area contributed by atoms with Crippen LogP contribution >= 0.6 is 0 Å². The van der Waals surface area contributed by atoms with Gasteiger partial charge in [-0.2, -0.15) is 0 Å². The summed E-state index contributed by atoms with van der Waals surface area (Å²) >= 11 is 0. The minimum absolute atomic E-state index is 0.318. The van der Waals surface area contributed by atoms with Crippen LogP contribution in [0.1, 0.15) is 63.4 Å². The Labute approximate surface area is 186 Å². The topological polar surface area (TPSA) is 80.7 Å². The molecule has 170 valence electrons. The molecule has 0 spiro atoms. The first kappa shape index (κ1) is 24.5. The lowest BCUT2D eigenvalue weighted by atomic mass is 10.0. The molecule has 1 amide bonds. The average molecular weight is 428 g/mol. The van der Waals surface area contributed by atoms with Crippen molar-refractivity contribution in [3.8, 4) is 0 Å². The van der Waals surface area contributed by atoms with E-state index >= 15 is 0 Å². The number of allylic oxidation sites excluding steroid dienone is 3. The number of nitrogens with two attached hydrogens (primary N) is 1. The molecule has 0 atom stereocenters. The van der Waals surface area contributed by atoms with Crippen molar-refractivity contribution in [2.24, 2.45) is 5.73 Å². The summed E-state index contributed by atoms with van der Waals surface area (Å²) < 4.78 is 7.67. The second-order valence-corrected chi connectivity index (χ2v) is 7.60. The summed E-state index contributed by atoms with van der Waals surface area (Å²) in [5.41, 5.74) is 7.94. The number of nitrogens with zero attached hydrogens (tertiary/aromatic N) is 2. The van der Waals surface area contributed by atoms with Crippen LogP contribution in [0.4, 0.5) is 0 Å². The van der Waals surface area contributed by atoms with Crippen molar-refractivity contribution < 1.29 is 14.6 Å². The molecule has 1 fully saturated rings. The number of methoxy groups -OCH3 is 1. The molecule has 1 aliphatic rings. The SMILES string of the molecule is C/C=C(OC)\C(CCN1CCC(n2ccc3ccc(C(N)=O)cc32)CC1)=C(/C)O.CC. The number of carbonyl (C=O) groups is 1. The van der Waals surface area contributed by atoms with Crippen molar-refractivity contribution in [1.29, 1.82) is 0 Å². The molecule has 6 nitrogen and oxygen atoms in total. The number of fused-ring (bicyclic) bond motifs is 1. The van der Waals surface area contributed by atoms with Crippen molar-refractivity contribution in [3.63, 3.8) is 0 Å². The molecule has 0 aliphatic carbocycles. The first-order chi connectivity index (χ1) is 14.9. The number of carbonyl (C=O) groups excluding carboxylic acids is 1. The van der Waals surface area contributed by atoms with E-state index in [4.69, 9.17) is 10.5 Å². The van der Waals surface area contributed by atoms with Crippen LogP contribution in [0.15, 0.2) is 53.6 Å². The van der Waals surface area contributed by atoms with Gasteiger partial charge in [0.25, 0.3) is 0 Å². The maximum Gasteiger partial charge on any atom is 0.248 e. The third-order valence-corrected chi connectivity index (χ3v) is 5.85. The zero-order valence-electron chi connectivity index (χ0n) is 19.5. The van der Waals surface area contributed by atoms with Crippen molar-refractivity contribution in [2.75, 3.05) is 26.7 Å². The highest BCUT2D eigenvalue weighted by Gasteiger charge is 2.22. The number of piperidine rings is 1. The van der Waals surface area contributed by atoms with E-state index in [0.29, 0.717) is 17.4 Å². The molecule has 1 aliphatic heterocycles. The molecule has 31 heavy (non-hydrogen) atoms. The molecule has 1 saturated heterocycles. The number of primary amides is 1. The standard InChI is InChI=1S/C23H31N3O3.C2H6/c1-4-22(29-3)20(16(2)27)10-13-25-11-8-19(9-12-25)26-14-7-17-5-6-18(23(24)28)15-21(17)26;1-2/h4-7,14-15,19,27H,8-13H2,1-3H3,(H2,24,28);1-2H3/b20-16+,22-4+;. The van der Waals surface area contributed by atoms with Crippen molar-refractivity contribution in [2.45, 2.75) is 53.0 Å². The van der Waals surface area contributed by atoms with Crippen LogP contribution in [-0.2, 0) is 4.74 Å². The normalized spacial score (nSPS) is 16.5. The van der Waals surface area contributed by atoms with Gasteiger partial charge in [-0.3, -0.25) is 4.79 Å². The average Bonchev–Trinajstić information content (AvgIpc) is 3.21. The number of aliphatic hydroxyl groups is 1. The van der Waals surface area contributed by atoms with Gasteiger partial charge in [0.2, 0.25) is 5.91 Å². The molecule has 3 rings (SSSR count). The Morgan fingerprint density at radius 3 is 2.48 bits per heavy atom. The highest BCUT2D eigenvalue weighted by atomic mass is 16.5. The van der Waals surface area contributed by atoms with Gasteiger partial charge < -0.3 is 25.0 Å². The van der Waals surface area contributed by atoms with E-state index in [-0.39, 0.29) is 0 Å². The van der Waals surface area contributed by atoms with Crippen LogP contribution in [0.5, 0.6) is 0 Å². The van der Waals surface area contributed by atoms with Gasteiger partial charge in [-0.15, -0.1) is 0 Å². The smallest absolute Gasteiger partial charge is 0.248 e. The fourth-order valence-corrected chi connectivity index (χ4v) is 4.21. The zero-order valence-corrected chi connectivity index (χ0v) is 19.5. The monoisotopic (exact) mass is 427 g/mol. The maximum absolute atomic E-state index is 11.5. The lowest BCUT2D eigenvalue weighted by Gasteiger charge is -2.33. The Balaban J connectivity index is 0.00000166. The van der Waals surface area contributed by atoms with Crippen molar-refractivity contribution in [3.05, 3.63) is 59.2 Å². The molecule has 0 radical (unpaired) electrons. The molecule has 2 aromatic rings. The molecule has 1 aromatic carbocycles. The van der Waals surface area contributed by atoms with Crippen LogP contribution in [0.3, 0.4) is 0 Å². The largest absolute Gasteiger partial charge is 0.512 e. The van der Waals surface area contributed by atoms with E-state index < -0.39 is 5.91 Å². The quantitative estimate of drug-likeness (QED) is 0.471.